The van der Waals surface area contributed by atoms with Gasteiger partial charge < -0.3 is 15.0 Å². The molecular weight excluding hydrogens is 448 g/mol. The van der Waals surface area contributed by atoms with Gasteiger partial charge in [0, 0.05) is 31.6 Å². The predicted molar refractivity (Wildman–Crippen MR) is 126 cm³/mol. The summed E-state index contributed by atoms with van der Waals surface area (Å²) in [6, 6.07) is 5.05. The normalized spacial score (nSPS) is 18.0. The zero-order valence-corrected chi connectivity index (χ0v) is 20.0. The van der Waals surface area contributed by atoms with E-state index in [0.29, 0.717) is 45.1 Å². The highest BCUT2D eigenvalue weighted by Crippen LogP contribution is 2.32. The first kappa shape index (κ1) is 23.2. The fraction of sp³-hybridized carbons (Fsp3) is 0.545. The summed E-state index contributed by atoms with van der Waals surface area (Å²) >= 11 is 1.55. The number of aryl methyl sites for hydroxylation is 1. The number of ether oxygens (including phenoxy) is 1. The number of nitrogens with one attached hydrogen (secondary N) is 1. The molecule has 3 heterocycles. The first-order chi connectivity index (χ1) is 15.5. The summed E-state index contributed by atoms with van der Waals surface area (Å²) in [6.07, 6.45) is 3.80. The van der Waals surface area contributed by atoms with Crippen molar-refractivity contribution in [2.45, 2.75) is 43.9 Å². The third-order valence-electron chi connectivity index (χ3n) is 5.79. The Bertz CT molecular complexity index is 1040. The number of anilines is 2. The first-order valence-electron chi connectivity index (χ1n) is 11.2. The largest absolute Gasteiger partial charge is 0.378 e. The maximum Gasteiger partial charge on any atom is 0.243 e. The van der Waals surface area contributed by atoms with Crippen LogP contribution in [0.5, 0.6) is 0 Å². The topological polar surface area (TPSA) is 91.8 Å². The molecule has 174 valence electrons. The van der Waals surface area contributed by atoms with Crippen molar-refractivity contribution < 1.29 is 17.9 Å². The number of aromatic nitrogens is 1. The predicted octanol–water partition coefficient (Wildman–Crippen LogP) is 2.90. The lowest BCUT2D eigenvalue weighted by Gasteiger charge is -2.31. The summed E-state index contributed by atoms with van der Waals surface area (Å²) in [5, 5.41) is 5.86. The highest BCUT2D eigenvalue weighted by atomic mass is 32.2. The van der Waals surface area contributed by atoms with Crippen LogP contribution in [0, 0.1) is 0 Å². The second-order valence-corrected chi connectivity index (χ2v) is 10.9. The molecule has 2 aliphatic rings. The smallest absolute Gasteiger partial charge is 0.243 e. The van der Waals surface area contributed by atoms with Gasteiger partial charge in [0.2, 0.25) is 15.9 Å². The van der Waals surface area contributed by atoms with E-state index in [4.69, 9.17) is 4.74 Å². The average molecular weight is 479 g/mol. The van der Waals surface area contributed by atoms with Crippen molar-refractivity contribution in [2.24, 2.45) is 0 Å². The average Bonchev–Trinajstić information content (AvgIpc) is 3.27. The van der Waals surface area contributed by atoms with Crippen LogP contribution in [0.2, 0.25) is 0 Å². The number of rotatable bonds is 7. The molecule has 0 saturated carbocycles. The fourth-order valence-electron chi connectivity index (χ4n) is 4.06. The van der Waals surface area contributed by atoms with Gasteiger partial charge in [0.1, 0.15) is 0 Å². The molecular formula is C22H30N4O4S2. The van der Waals surface area contributed by atoms with Crippen LogP contribution in [0.15, 0.2) is 28.5 Å². The molecule has 2 aromatic rings. The van der Waals surface area contributed by atoms with Gasteiger partial charge in [0.05, 0.1) is 46.6 Å². The molecule has 1 aromatic carbocycles. The van der Waals surface area contributed by atoms with Crippen LogP contribution in [-0.2, 0) is 32.4 Å². The third kappa shape index (κ3) is 5.31. The molecule has 8 nitrogen and oxygen atoms in total. The van der Waals surface area contributed by atoms with Gasteiger partial charge in [-0.25, -0.2) is 13.4 Å². The highest BCUT2D eigenvalue weighted by Gasteiger charge is 2.27. The number of nitrogens with zero attached hydrogens (tertiary/aromatic N) is 3. The quantitative estimate of drug-likeness (QED) is 0.658. The second-order valence-electron chi connectivity index (χ2n) is 8.05. The van der Waals surface area contributed by atoms with Crippen molar-refractivity contribution in [1.29, 1.82) is 0 Å². The van der Waals surface area contributed by atoms with Crippen LogP contribution >= 0.6 is 11.3 Å². The molecule has 0 spiro atoms. The standard InChI is InChI=1S/C22H30N4O4S2/c1-2-22-23-17(16-31-22)14-21(27)24-19-15-18(32(28,29)26-8-4-3-5-9-26)6-7-20(19)25-10-12-30-13-11-25/h6-7,15-16H,2-5,8-14H2,1H3,(H,24,27). The van der Waals surface area contributed by atoms with Crippen molar-refractivity contribution in [3.05, 3.63) is 34.3 Å². The summed E-state index contributed by atoms with van der Waals surface area (Å²) < 4.78 is 33.4. The summed E-state index contributed by atoms with van der Waals surface area (Å²) in [6.45, 7) is 5.68. The third-order valence-corrected chi connectivity index (χ3v) is 8.73. The van der Waals surface area contributed by atoms with Crippen molar-refractivity contribution in [2.75, 3.05) is 49.6 Å². The van der Waals surface area contributed by atoms with Crippen molar-refractivity contribution in [3.8, 4) is 0 Å². The van der Waals surface area contributed by atoms with Gasteiger partial charge in [-0.15, -0.1) is 11.3 Å². The number of morpholine rings is 1. The summed E-state index contributed by atoms with van der Waals surface area (Å²) in [4.78, 5) is 19.6. The van der Waals surface area contributed by atoms with E-state index >= 15 is 0 Å². The van der Waals surface area contributed by atoms with E-state index < -0.39 is 10.0 Å². The Morgan fingerprint density at radius 3 is 2.59 bits per heavy atom. The first-order valence-corrected chi connectivity index (χ1v) is 13.5. The second kappa shape index (κ2) is 10.3. The van der Waals surface area contributed by atoms with Gasteiger partial charge in [-0.3, -0.25) is 4.79 Å². The number of thiazole rings is 1. The van der Waals surface area contributed by atoms with E-state index in [0.717, 1.165) is 42.1 Å². The lowest BCUT2D eigenvalue weighted by atomic mass is 10.2. The van der Waals surface area contributed by atoms with Crippen LogP contribution in [0.1, 0.15) is 36.9 Å². The summed E-state index contributed by atoms with van der Waals surface area (Å²) in [5.74, 6) is -0.208. The van der Waals surface area contributed by atoms with Crippen LogP contribution in [0.25, 0.3) is 0 Å². The zero-order valence-electron chi connectivity index (χ0n) is 18.4. The fourth-order valence-corrected chi connectivity index (χ4v) is 6.35. The molecule has 1 N–H and O–H groups in total. The molecule has 32 heavy (non-hydrogen) atoms. The molecule has 0 aliphatic carbocycles. The van der Waals surface area contributed by atoms with E-state index in [9.17, 15) is 13.2 Å². The molecule has 10 heteroatoms. The summed E-state index contributed by atoms with van der Waals surface area (Å²) in [7, 11) is -3.60. The molecule has 1 aromatic heterocycles. The van der Waals surface area contributed by atoms with Gasteiger partial charge in [-0.05, 0) is 37.5 Å². The number of benzene rings is 1. The van der Waals surface area contributed by atoms with E-state index in [1.165, 1.54) is 0 Å². The molecule has 0 bridgehead atoms. The van der Waals surface area contributed by atoms with E-state index in [1.807, 2.05) is 12.3 Å². The Hall–Kier alpha value is -2.01. The Morgan fingerprint density at radius 2 is 1.91 bits per heavy atom. The van der Waals surface area contributed by atoms with E-state index in [2.05, 4.69) is 15.2 Å². The van der Waals surface area contributed by atoms with E-state index in [-0.39, 0.29) is 17.2 Å². The number of sulfonamides is 1. The molecule has 2 fully saturated rings. The molecule has 0 unspecified atom stereocenters. The Morgan fingerprint density at radius 1 is 1.16 bits per heavy atom. The zero-order chi connectivity index (χ0) is 22.6. The number of hydrogen-bond acceptors (Lipinski definition) is 7. The molecule has 0 atom stereocenters. The van der Waals surface area contributed by atoms with Gasteiger partial charge in [-0.1, -0.05) is 13.3 Å². The Balaban J connectivity index is 1.60. The minimum absolute atomic E-state index is 0.155. The van der Waals surface area contributed by atoms with E-state index in [1.54, 1.807) is 33.8 Å². The summed E-state index contributed by atoms with van der Waals surface area (Å²) in [5.41, 5.74) is 2.06. The maximum atomic E-state index is 13.2. The molecule has 2 saturated heterocycles. The monoisotopic (exact) mass is 478 g/mol. The molecule has 4 rings (SSSR count). The van der Waals surface area contributed by atoms with Crippen LogP contribution in [-0.4, -0.2) is 63.0 Å². The van der Waals surface area contributed by atoms with Crippen LogP contribution in [0.3, 0.4) is 0 Å². The highest BCUT2D eigenvalue weighted by molar-refractivity contribution is 7.89. The van der Waals surface area contributed by atoms with Gasteiger partial charge >= 0.3 is 0 Å². The lowest BCUT2D eigenvalue weighted by molar-refractivity contribution is -0.115. The van der Waals surface area contributed by atoms with Crippen LogP contribution < -0.4 is 10.2 Å². The van der Waals surface area contributed by atoms with Crippen molar-refractivity contribution >= 4 is 38.6 Å². The minimum Gasteiger partial charge on any atom is -0.378 e. The minimum atomic E-state index is -3.60. The number of piperidine rings is 1. The number of amides is 1. The maximum absolute atomic E-state index is 13.2. The van der Waals surface area contributed by atoms with Crippen LogP contribution in [0.4, 0.5) is 11.4 Å². The molecule has 1 amide bonds. The molecule has 2 aliphatic heterocycles. The molecule has 0 radical (unpaired) electrons. The number of carbonyl (C=O) groups is 1. The van der Waals surface area contributed by atoms with Crippen molar-refractivity contribution in [3.63, 3.8) is 0 Å². The SMILES string of the molecule is CCc1nc(CC(=O)Nc2cc(S(=O)(=O)N3CCCCC3)ccc2N2CCOCC2)cs1. The lowest BCUT2D eigenvalue weighted by Crippen LogP contribution is -2.37. The number of hydrogen-bond donors (Lipinski definition) is 1. The Kier molecular flexibility index (Phi) is 7.44. The number of carbonyl (C=O) groups excluding carboxylic acids is 1. The van der Waals surface area contributed by atoms with Crippen molar-refractivity contribution in [1.82, 2.24) is 9.29 Å². The van der Waals surface area contributed by atoms with Gasteiger partial charge in [0.25, 0.3) is 0 Å². The Labute approximate surface area is 193 Å². The van der Waals surface area contributed by atoms with Gasteiger partial charge in [-0.2, -0.15) is 4.31 Å². The van der Waals surface area contributed by atoms with Gasteiger partial charge in [0.15, 0.2) is 0 Å².